The van der Waals surface area contributed by atoms with Gasteiger partial charge >= 0.3 is 13.3 Å². The van der Waals surface area contributed by atoms with Crippen LogP contribution in [0.3, 0.4) is 0 Å². The number of hydrogen-bond donors (Lipinski definition) is 2. The van der Waals surface area contributed by atoms with E-state index in [-0.39, 0.29) is 13.2 Å². The number of rotatable bonds is 8. The van der Waals surface area contributed by atoms with Crippen molar-refractivity contribution in [2.45, 2.75) is 38.4 Å². The average molecular weight is 390 g/mol. The number of nitrogens with one attached hydrogen (secondary N) is 1. The van der Waals surface area contributed by atoms with Gasteiger partial charge in [0.15, 0.2) is 6.23 Å². The van der Waals surface area contributed by atoms with Crippen molar-refractivity contribution in [3.63, 3.8) is 0 Å². The molecule has 1 aliphatic rings. The van der Waals surface area contributed by atoms with Crippen molar-refractivity contribution in [3.8, 4) is 0 Å². The van der Waals surface area contributed by atoms with E-state index in [1.54, 1.807) is 13.8 Å². The number of aliphatic hydroxyl groups is 1. The summed E-state index contributed by atoms with van der Waals surface area (Å²) in [5, 5.41) is 10.4. The number of aliphatic hydroxyl groups excluding tert-OH is 1. The zero-order chi connectivity index (χ0) is 19.3. The van der Waals surface area contributed by atoms with Crippen LogP contribution >= 0.6 is 7.60 Å². The van der Waals surface area contributed by atoms with E-state index in [1.807, 2.05) is 0 Å². The molecule has 1 aromatic rings. The molecular weight excluding hydrogens is 367 g/mol. The van der Waals surface area contributed by atoms with Gasteiger partial charge in [0.25, 0.3) is 5.56 Å². The normalized spacial score (nSPS) is 26.6. The van der Waals surface area contributed by atoms with Crippen LogP contribution in [0.2, 0.25) is 0 Å². The number of methoxy groups -OCH3 is 1. The molecule has 0 spiro atoms. The number of ether oxygens (including phenoxy) is 2. The molecule has 0 bridgehead atoms. The molecule has 0 aliphatic carbocycles. The summed E-state index contributed by atoms with van der Waals surface area (Å²) in [6.07, 6.45) is -1.31. The summed E-state index contributed by atoms with van der Waals surface area (Å²) in [5.41, 5.74) is -1.25. The molecule has 2 heterocycles. The first kappa shape index (κ1) is 20.8. The van der Waals surface area contributed by atoms with Gasteiger partial charge in [0.2, 0.25) is 0 Å². The quantitative estimate of drug-likeness (QED) is 0.617. The lowest BCUT2D eigenvalue weighted by atomic mass is 10.1. The van der Waals surface area contributed by atoms with Gasteiger partial charge in [-0.15, -0.1) is 0 Å². The molecule has 4 atom stereocenters. The number of nitrogens with zero attached hydrogens (tertiary/aromatic N) is 1. The van der Waals surface area contributed by atoms with Gasteiger partial charge < -0.3 is 23.6 Å². The molecule has 26 heavy (non-hydrogen) atoms. The second-order valence-electron chi connectivity index (χ2n) is 5.42. The van der Waals surface area contributed by atoms with Crippen molar-refractivity contribution in [3.05, 3.63) is 45.0 Å². The van der Waals surface area contributed by atoms with E-state index in [1.165, 1.54) is 25.2 Å². The Labute approximate surface area is 149 Å². The molecular formula is C15H23N2O8P. The predicted octanol–water partition coefficient (Wildman–Crippen LogP) is 0.590. The van der Waals surface area contributed by atoms with Gasteiger partial charge in [-0.3, -0.25) is 18.9 Å². The fraction of sp³-hybridized carbons (Fsp3) is 0.600. The highest BCUT2D eigenvalue weighted by molar-refractivity contribution is 7.57. The Bertz CT molecular complexity index is 778. The van der Waals surface area contributed by atoms with E-state index >= 15 is 0 Å². The predicted molar refractivity (Wildman–Crippen MR) is 92.0 cm³/mol. The lowest BCUT2D eigenvalue weighted by molar-refractivity contribution is -0.0491. The molecule has 0 aromatic carbocycles. The Kier molecular flexibility index (Phi) is 7.10. The maximum atomic E-state index is 12.5. The van der Waals surface area contributed by atoms with Crippen LogP contribution in [0.25, 0.3) is 0 Å². The third-order valence-electron chi connectivity index (χ3n) is 3.72. The molecule has 4 unspecified atom stereocenters. The average Bonchev–Trinajstić information content (AvgIpc) is 2.89. The van der Waals surface area contributed by atoms with Crippen molar-refractivity contribution in [1.29, 1.82) is 0 Å². The topological polar surface area (TPSA) is 129 Å². The molecule has 10 nitrogen and oxygen atoms in total. The van der Waals surface area contributed by atoms with E-state index < -0.39 is 43.4 Å². The van der Waals surface area contributed by atoms with Crippen LogP contribution in [0.15, 0.2) is 33.7 Å². The number of aromatic amines is 1. The summed E-state index contributed by atoms with van der Waals surface area (Å²) in [5.74, 6) is 1.22. The molecule has 2 rings (SSSR count). The summed E-state index contributed by atoms with van der Waals surface area (Å²) in [6.45, 7) is 3.73. The van der Waals surface area contributed by atoms with E-state index in [0.717, 1.165) is 10.6 Å². The minimum absolute atomic E-state index is 0.186. The van der Waals surface area contributed by atoms with E-state index in [4.69, 9.17) is 18.5 Å². The molecule has 2 N–H and O–H groups in total. The molecule has 11 heteroatoms. The van der Waals surface area contributed by atoms with Gasteiger partial charge in [-0.2, -0.15) is 0 Å². The number of aromatic nitrogens is 2. The fourth-order valence-corrected chi connectivity index (χ4v) is 3.96. The Morgan fingerprint density at radius 1 is 1.35 bits per heavy atom. The van der Waals surface area contributed by atoms with E-state index in [2.05, 4.69) is 4.98 Å². The summed E-state index contributed by atoms with van der Waals surface area (Å²) in [4.78, 5) is 25.3. The highest BCUT2D eigenvalue weighted by Crippen LogP contribution is 2.50. The Balaban J connectivity index is 2.27. The van der Waals surface area contributed by atoms with Crippen LogP contribution in [-0.4, -0.2) is 53.3 Å². The Morgan fingerprint density at radius 2 is 2.00 bits per heavy atom. The number of hydrogen-bond acceptors (Lipinski definition) is 8. The molecule has 1 aliphatic heterocycles. The molecule has 146 valence electrons. The Morgan fingerprint density at radius 3 is 2.54 bits per heavy atom. The molecule has 0 radical (unpaired) electrons. The van der Waals surface area contributed by atoms with Gasteiger partial charge in [-0.25, -0.2) is 4.79 Å². The van der Waals surface area contributed by atoms with Crippen LogP contribution in [0, 0.1) is 0 Å². The highest BCUT2D eigenvalue weighted by Gasteiger charge is 2.44. The van der Waals surface area contributed by atoms with Crippen LogP contribution < -0.4 is 11.2 Å². The smallest absolute Gasteiger partial charge is 0.353 e. The third-order valence-corrected chi connectivity index (χ3v) is 5.50. The Hall–Kier alpha value is -1.55. The van der Waals surface area contributed by atoms with Gasteiger partial charge in [0.1, 0.15) is 18.3 Å². The summed E-state index contributed by atoms with van der Waals surface area (Å²) < 4.78 is 34.8. The lowest BCUT2D eigenvalue weighted by Gasteiger charge is -2.19. The van der Waals surface area contributed by atoms with Crippen LogP contribution in [0.4, 0.5) is 0 Å². The van der Waals surface area contributed by atoms with E-state index in [0.29, 0.717) is 0 Å². The minimum atomic E-state index is -3.46. The van der Waals surface area contributed by atoms with Gasteiger partial charge in [-0.05, 0) is 19.9 Å². The summed E-state index contributed by atoms with van der Waals surface area (Å²) in [6, 6.07) is 1.16. The first-order valence-corrected chi connectivity index (χ1v) is 9.72. The lowest BCUT2D eigenvalue weighted by Crippen LogP contribution is -2.38. The van der Waals surface area contributed by atoms with Gasteiger partial charge in [0.05, 0.1) is 13.2 Å². The molecule has 0 amide bonds. The first-order valence-electron chi connectivity index (χ1n) is 8.11. The molecule has 1 saturated heterocycles. The minimum Gasteiger partial charge on any atom is -0.387 e. The first-order chi connectivity index (χ1) is 12.3. The maximum Gasteiger partial charge on any atom is 0.353 e. The summed E-state index contributed by atoms with van der Waals surface area (Å²) >= 11 is 0. The van der Waals surface area contributed by atoms with Crippen LogP contribution in [0.5, 0.6) is 0 Å². The largest absolute Gasteiger partial charge is 0.387 e. The molecule has 0 saturated carbocycles. The number of H-pyrrole nitrogens is 1. The SMILES string of the molecule is CCOP(=O)(/C=C/C1OC(n2ccc(=O)[nH]c2=O)C(OC)C1O)OCC. The van der Waals surface area contributed by atoms with Crippen molar-refractivity contribution in [2.75, 3.05) is 20.3 Å². The van der Waals surface area contributed by atoms with Crippen molar-refractivity contribution >= 4 is 7.60 Å². The maximum absolute atomic E-state index is 12.5. The van der Waals surface area contributed by atoms with Crippen LogP contribution in [0.1, 0.15) is 20.1 Å². The second-order valence-corrected chi connectivity index (χ2v) is 7.31. The summed E-state index contributed by atoms with van der Waals surface area (Å²) in [7, 11) is -2.10. The zero-order valence-electron chi connectivity index (χ0n) is 14.7. The van der Waals surface area contributed by atoms with Crippen molar-refractivity contribution in [1.82, 2.24) is 9.55 Å². The molecule has 1 aromatic heterocycles. The van der Waals surface area contributed by atoms with Crippen LogP contribution in [-0.2, 0) is 23.1 Å². The third kappa shape index (κ3) is 4.59. The monoisotopic (exact) mass is 390 g/mol. The zero-order valence-corrected chi connectivity index (χ0v) is 15.6. The second kappa shape index (κ2) is 8.90. The molecule has 1 fully saturated rings. The van der Waals surface area contributed by atoms with Gasteiger partial charge in [0, 0.05) is 25.2 Å². The van der Waals surface area contributed by atoms with Gasteiger partial charge in [-0.1, -0.05) is 0 Å². The standard InChI is InChI=1S/C15H23N2O8P/c1-4-23-26(21,24-5-2)9-7-10-12(19)13(22-3)14(25-10)17-8-6-11(18)16-15(17)20/h6-10,12-14,19H,4-5H2,1-3H3,(H,16,18,20)/b9-7+. The fourth-order valence-electron chi connectivity index (χ4n) is 2.61. The van der Waals surface area contributed by atoms with E-state index in [9.17, 15) is 19.3 Å². The van der Waals surface area contributed by atoms with Crippen molar-refractivity contribution in [2.24, 2.45) is 0 Å². The highest BCUT2D eigenvalue weighted by atomic mass is 31.2. The van der Waals surface area contributed by atoms with Crippen molar-refractivity contribution < 1.29 is 28.2 Å².